The van der Waals surface area contributed by atoms with Crippen molar-refractivity contribution >= 4 is 5.97 Å². The van der Waals surface area contributed by atoms with E-state index in [1.807, 2.05) is 6.92 Å². The molecule has 0 aromatic rings. The Morgan fingerprint density at radius 3 is 2.52 bits per heavy atom. The van der Waals surface area contributed by atoms with Crippen molar-refractivity contribution in [2.45, 2.75) is 103 Å². The summed E-state index contributed by atoms with van der Waals surface area (Å²) in [4.78, 5) is 11.6. The van der Waals surface area contributed by atoms with Crippen molar-refractivity contribution in [3.63, 3.8) is 0 Å². The smallest absolute Gasteiger partial charge is 0.305 e. The third-order valence-electron chi connectivity index (χ3n) is 8.94. The summed E-state index contributed by atoms with van der Waals surface area (Å²) in [6.45, 7) is 6.95. The maximum atomic E-state index is 11.6. The van der Waals surface area contributed by atoms with Gasteiger partial charge in [-0.05, 0) is 99.7 Å². The molecule has 0 radical (unpaired) electrons. The Labute approximate surface area is 166 Å². The summed E-state index contributed by atoms with van der Waals surface area (Å²) in [5.41, 5.74) is -0.00872. The summed E-state index contributed by atoms with van der Waals surface area (Å²) in [5, 5.41) is 10.5. The summed E-state index contributed by atoms with van der Waals surface area (Å²) in [7, 11) is 1.50. The maximum Gasteiger partial charge on any atom is 0.305 e. The van der Waals surface area contributed by atoms with Gasteiger partial charge in [0.25, 0.3) is 0 Å². The molecule has 3 nitrogen and oxygen atoms in total. The lowest BCUT2D eigenvalue weighted by atomic mass is 9.59. The first-order valence-corrected chi connectivity index (χ1v) is 11.5. The van der Waals surface area contributed by atoms with Crippen molar-refractivity contribution in [2.75, 3.05) is 7.11 Å². The van der Waals surface area contributed by atoms with Gasteiger partial charge in [-0.25, -0.2) is 0 Å². The van der Waals surface area contributed by atoms with Crippen molar-refractivity contribution in [3.05, 3.63) is 0 Å². The highest BCUT2D eigenvalue weighted by atomic mass is 16.5. The standard InChI is InChI=1S/C24H42O3/c1-17-13-15-23(2,26)16-19(17)8-7-18-6-5-14-24(3)20(9-11-21(18)24)10-12-22(25)27-4/h17-21,26H,5-16H2,1-4H3. The summed E-state index contributed by atoms with van der Waals surface area (Å²) >= 11 is 0. The van der Waals surface area contributed by atoms with Crippen molar-refractivity contribution in [2.24, 2.45) is 35.0 Å². The Kier molecular flexibility index (Phi) is 6.60. The minimum absolute atomic E-state index is 0.0484. The van der Waals surface area contributed by atoms with E-state index in [0.29, 0.717) is 23.7 Å². The molecule has 3 aliphatic rings. The minimum Gasteiger partial charge on any atom is -0.469 e. The molecular formula is C24H42O3. The fourth-order valence-electron chi connectivity index (χ4n) is 7.12. The van der Waals surface area contributed by atoms with E-state index in [0.717, 1.165) is 37.0 Å². The molecule has 156 valence electrons. The predicted molar refractivity (Wildman–Crippen MR) is 109 cm³/mol. The van der Waals surface area contributed by atoms with Crippen LogP contribution in [0.3, 0.4) is 0 Å². The zero-order valence-corrected chi connectivity index (χ0v) is 18.1. The first-order valence-electron chi connectivity index (χ1n) is 11.5. The molecule has 0 saturated heterocycles. The fraction of sp³-hybridized carbons (Fsp3) is 0.958. The topological polar surface area (TPSA) is 46.5 Å². The lowest BCUT2D eigenvalue weighted by molar-refractivity contribution is -0.141. The first kappa shape index (κ1) is 21.1. The Balaban J connectivity index is 1.57. The van der Waals surface area contributed by atoms with Crippen LogP contribution >= 0.6 is 0 Å². The number of methoxy groups -OCH3 is 1. The van der Waals surface area contributed by atoms with Gasteiger partial charge in [0.05, 0.1) is 12.7 Å². The molecule has 7 unspecified atom stereocenters. The van der Waals surface area contributed by atoms with Crippen LogP contribution in [0.1, 0.15) is 97.8 Å². The zero-order chi connectivity index (χ0) is 19.7. The third kappa shape index (κ3) is 4.71. The van der Waals surface area contributed by atoms with Crippen LogP contribution in [-0.4, -0.2) is 23.8 Å². The molecule has 0 aliphatic heterocycles. The van der Waals surface area contributed by atoms with Gasteiger partial charge < -0.3 is 9.84 Å². The SMILES string of the molecule is COC(=O)CCC1CCC2C(CCC3CC(C)(O)CCC3C)CCCC12C. The molecule has 27 heavy (non-hydrogen) atoms. The van der Waals surface area contributed by atoms with E-state index in [9.17, 15) is 9.90 Å². The number of rotatable bonds is 6. The molecule has 1 N–H and O–H groups in total. The molecule has 0 amide bonds. The van der Waals surface area contributed by atoms with Crippen molar-refractivity contribution < 1.29 is 14.6 Å². The van der Waals surface area contributed by atoms with E-state index in [2.05, 4.69) is 13.8 Å². The van der Waals surface area contributed by atoms with Gasteiger partial charge in [-0.3, -0.25) is 4.79 Å². The molecule has 3 saturated carbocycles. The Bertz CT molecular complexity index is 514. The Morgan fingerprint density at radius 2 is 1.78 bits per heavy atom. The molecule has 0 spiro atoms. The molecule has 0 heterocycles. The monoisotopic (exact) mass is 378 g/mol. The summed E-state index contributed by atoms with van der Waals surface area (Å²) in [6, 6.07) is 0. The molecule has 7 atom stereocenters. The van der Waals surface area contributed by atoms with Crippen molar-refractivity contribution in [1.29, 1.82) is 0 Å². The highest BCUT2D eigenvalue weighted by molar-refractivity contribution is 5.69. The van der Waals surface area contributed by atoms with Crippen LogP contribution in [0.2, 0.25) is 0 Å². The van der Waals surface area contributed by atoms with Gasteiger partial charge in [-0.15, -0.1) is 0 Å². The van der Waals surface area contributed by atoms with Crippen LogP contribution in [0.15, 0.2) is 0 Å². The quantitative estimate of drug-likeness (QED) is 0.600. The highest BCUT2D eigenvalue weighted by Crippen LogP contribution is 2.59. The van der Waals surface area contributed by atoms with Gasteiger partial charge in [-0.2, -0.15) is 0 Å². The van der Waals surface area contributed by atoms with Gasteiger partial charge in [0.2, 0.25) is 0 Å². The lowest BCUT2D eigenvalue weighted by Gasteiger charge is -2.46. The predicted octanol–water partition coefficient (Wildman–Crippen LogP) is 5.74. The Morgan fingerprint density at radius 1 is 1.04 bits per heavy atom. The van der Waals surface area contributed by atoms with Crippen molar-refractivity contribution in [3.8, 4) is 0 Å². The maximum absolute atomic E-state index is 11.6. The normalized spacial score (nSPS) is 44.7. The van der Waals surface area contributed by atoms with Crippen LogP contribution in [0.4, 0.5) is 0 Å². The second-order valence-electron chi connectivity index (χ2n) is 10.7. The van der Waals surface area contributed by atoms with E-state index in [4.69, 9.17) is 4.74 Å². The second kappa shape index (κ2) is 8.43. The number of aliphatic hydroxyl groups is 1. The number of esters is 1. The zero-order valence-electron chi connectivity index (χ0n) is 18.1. The van der Waals surface area contributed by atoms with Crippen molar-refractivity contribution in [1.82, 2.24) is 0 Å². The van der Waals surface area contributed by atoms with Crippen LogP contribution in [0, 0.1) is 35.0 Å². The highest BCUT2D eigenvalue weighted by Gasteiger charge is 2.50. The molecule has 0 bridgehead atoms. The molecule has 3 heteroatoms. The lowest BCUT2D eigenvalue weighted by Crippen LogP contribution is -2.38. The average molecular weight is 379 g/mol. The number of hydrogen-bond acceptors (Lipinski definition) is 3. The molecular weight excluding hydrogens is 336 g/mol. The summed E-state index contributed by atoms with van der Waals surface area (Å²) < 4.78 is 4.87. The third-order valence-corrected chi connectivity index (χ3v) is 8.94. The fourth-order valence-corrected chi connectivity index (χ4v) is 7.12. The second-order valence-corrected chi connectivity index (χ2v) is 10.7. The van der Waals surface area contributed by atoms with Crippen LogP contribution in [0.5, 0.6) is 0 Å². The van der Waals surface area contributed by atoms with E-state index in [1.54, 1.807) is 0 Å². The van der Waals surface area contributed by atoms with E-state index in [1.165, 1.54) is 58.5 Å². The number of carbonyl (C=O) groups excluding carboxylic acids is 1. The molecule has 3 fully saturated rings. The average Bonchev–Trinajstić information content (AvgIpc) is 2.97. The van der Waals surface area contributed by atoms with Crippen LogP contribution in [0.25, 0.3) is 0 Å². The number of ether oxygens (including phenoxy) is 1. The van der Waals surface area contributed by atoms with E-state index >= 15 is 0 Å². The van der Waals surface area contributed by atoms with Gasteiger partial charge in [-0.1, -0.05) is 26.7 Å². The number of fused-ring (bicyclic) bond motifs is 1. The van der Waals surface area contributed by atoms with Gasteiger partial charge >= 0.3 is 5.97 Å². The summed E-state index contributed by atoms with van der Waals surface area (Å²) in [5.74, 6) is 3.79. The van der Waals surface area contributed by atoms with E-state index in [-0.39, 0.29) is 5.97 Å². The molecule has 3 rings (SSSR count). The minimum atomic E-state index is -0.440. The Hall–Kier alpha value is -0.570. The largest absolute Gasteiger partial charge is 0.469 e. The first-order chi connectivity index (χ1) is 12.7. The number of hydrogen-bond donors (Lipinski definition) is 1. The van der Waals surface area contributed by atoms with Gasteiger partial charge in [0.1, 0.15) is 0 Å². The summed E-state index contributed by atoms with van der Waals surface area (Å²) in [6.07, 6.45) is 14.1. The number of carbonyl (C=O) groups is 1. The van der Waals surface area contributed by atoms with E-state index < -0.39 is 5.60 Å². The molecule has 0 aromatic carbocycles. The van der Waals surface area contributed by atoms with Crippen LogP contribution < -0.4 is 0 Å². The van der Waals surface area contributed by atoms with Gasteiger partial charge in [0.15, 0.2) is 0 Å². The van der Waals surface area contributed by atoms with Crippen LogP contribution in [-0.2, 0) is 9.53 Å². The molecule has 3 aliphatic carbocycles. The molecule has 0 aromatic heterocycles. The van der Waals surface area contributed by atoms with Gasteiger partial charge in [0, 0.05) is 6.42 Å².